The van der Waals surface area contributed by atoms with Crippen LogP contribution in [0, 0.1) is 0 Å². The molecule has 0 spiro atoms. The van der Waals surface area contributed by atoms with E-state index in [1.165, 1.54) is 36.2 Å². The summed E-state index contributed by atoms with van der Waals surface area (Å²) in [5.74, 6) is -0.496. The number of hydrogen-bond acceptors (Lipinski definition) is 5. The Morgan fingerprint density at radius 3 is 2.20 bits per heavy atom. The second kappa shape index (κ2) is 5.72. The summed E-state index contributed by atoms with van der Waals surface area (Å²) in [7, 11) is -2.78. The van der Waals surface area contributed by atoms with Crippen molar-refractivity contribution in [3.05, 3.63) is 24.3 Å². The molecule has 1 N–H and O–H groups in total. The minimum Gasteiger partial charge on any atom is -0.747 e. The van der Waals surface area contributed by atoms with E-state index >= 15 is 0 Å². The number of nitrogens with zero attached hydrogens (tertiary/aromatic N) is 1. The summed E-state index contributed by atoms with van der Waals surface area (Å²) in [6.07, 6.45) is 0. The van der Waals surface area contributed by atoms with Crippen molar-refractivity contribution in [3.63, 3.8) is 0 Å². The number of aromatic hydroxyl groups is 1. The van der Waals surface area contributed by atoms with Gasteiger partial charge in [0, 0.05) is 12.7 Å². The number of rotatable bonds is 3. The van der Waals surface area contributed by atoms with Gasteiger partial charge in [-0.15, -0.1) is 0 Å². The van der Waals surface area contributed by atoms with Crippen LogP contribution in [0.5, 0.6) is 5.75 Å². The zero-order valence-electron chi connectivity index (χ0n) is 8.54. The van der Waals surface area contributed by atoms with Gasteiger partial charge in [-0.2, -0.15) is 0 Å². The van der Waals surface area contributed by atoms with Crippen molar-refractivity contribution in [1.82, 2.24) is 0 Å². The molecule has 1 aromatic carbocycles. The fourth-order valence-corrected chi connectivity index (χ4v) is 1.64. The average Bonchev–Trinajstić information content (AvgIpc) is 2.02. The van der Waals surface area contributed by atoms with Gasteiger partial charge in [-0.05, 0) is 24.3 Å². The SMILES string of the molecule is CN(CS(=O)(=O)[O-])c1ccc(O)cc1.[Na+]. The largest absolute Gasteiger partial charge is 1.00 e. The van der Waals surface area contributed by atoms with Gasteiger partial charge in [0.05, 0.1) is 0 Å². The predicted octanol–water partition coefficient (Wildman–Crippen LogP) is -2.66. The molecular weight excluding hydrogens is 229 g/mol. The smallest absolute Gasteiger partial charge is 0.747 e. The van der Waals surface area contributed by atoms with Crippen LogP contribution in [0.15, 0.2) is 24.3 Å². The van der Waals surface area contributed by atoms with E-state index in [2.05, 4.69) is 0 Å². The van der Waals surface area contributed by atoms with E-state index in [-0.39, 0.29) is 35.3 Å². The quantitative estimate of drug-likeness (QED) is 0.460. The Kier molecular flexibility index (Phi) is 5.61. The maximum Gasteiger partial charge on any atom is 1.00 e. The van der Waals surface area contributed by atoms with Crippen molar-refractivity contribution >= 4 is 15.8 Å². The van der Waals surface area contributed by atoms with Gasteiger partial charge in [-0.25, -0.2) is 8.42 Å². The van der Waals surface area contributed by atoms with E-state index in [1.807, 2.05) is 0 Å². The molecule has 5 nitrogen and oxygen atoms in total. The van der Waals surface area contributed by atoms with E-state index in [1.54, 1.807) is 0 Å². The molecule has 15 heavy (non-hydrogen) atoms. The second-order valence-corrected chi connectivity index (χ2v) is 4.27. The number of anilines is 1. The fourth-order valence-electron chi connectivity index (χ4n) is 1.02. The van der Waals surface area contributed by atoms with Gasteiger partial charge >= 0.3 is 29.6 Å². The van der Waals surface area contributed by atoms with Crippen molar-refractivity contribution in [2.75, 3.05) is 17.8 Å². The van der Waals surface area contributed by atoms with Crippen LogP contribution in [-0.4, -0.2) is 31.0 Å². The van der Waals surface area contributed by atoms with Gasteiger partial charge in [0.2, 0.25) is 0 Å². The van der Waals surface area contributed by atoms with Gasteiger partial charge in [0.15, 0.2) is 0 Å². The molecule has 0 aliphatic heterocycles. The minimum atomic E-state index is -4.27. The standard InChI is InChI=1S/C8H11NO4S.Na/c1-9(6-14(11,12)13)7-2-4-8(10)5-3-7;/h2-5,10H,6H2,1H3,(H,11,12,13);/q;+1/p-1. The van der Waals surface area contributed by atoms with E-state index < -0.39 is 16.0 Å². The molecule has 0 saturated carbocycles. The number of hydrogen-bond donors (Lipinski definition) is 1. The molecular formula is C8H10NNaO4S. The summed E-state index contributed by atoms with van der Waals surface area (Å²) < 4.78 is 31.3. The second-order valence-electron chi connectivity index (χ2n) is 2.90. The first-order valence-corrected chi connectivity index (χ1v) is 5.40. The minimum absolute atomic E-state index is 0. The first-order chi connectivity index (χ1) is 6.38. The zero-order chi connectivity index (χ0) is 10.8. The van der Waals surface area contributed by atoms with Crippen LogP contribution in [0.25, 0.3) is 0 Å². The summed E-state index contributed by atoms with van der Waals surface area (Å²) in [4.78, 5) is 1.29. The molecule has 78 valence electrons. The van der Waals surface area contributed by atoms with Crippen LogP contribution in [0.4, 0.5) is 5.69 Å². The van der Waals surface area contributed by atoms with E-state index in [4.69, 9.17) is 5.11 Å². The number of phenols is 1. The van der Waals surface area contributed by atoms with Gasteiger partial charge in [0.25, 0.3) is 0 Å². The van der Waals surface area contributed by atoms with Gasteiger partial charge < -0.3 is 14.6 Å². The maximum atomic E-state index is 10.4. The van der Waals surface area contributed by atoms with Crippen LogP contribution in [-0.2, 0) is 10.1 Å². The van der Waals surface area contributed by atoms with Crippen LogP contribution in [0.2, 0.25) is 0 Å². The fraction of sp³-hybridized carbons (Fsp3) is 0.250. The van der Waals surface area contributed by atoms with E-state index in [0.29, 0.717) is 5.69 Å². The van der Waals surface area contributed by atoms with Crippen LogP contribution in [0.3, 0.4) is 0 Å². The zero-order valence-corrected chi connectivity index (χ0v) is 11.4. The Hall–Kier alpha value is -0.270. The molecule has 0 saturated heterocycles. The number of benzene rings is 1. The molecule has 0 fully saturated rings. The maximum absolute atomic E-state index is 10.4. The Morgan fingerprint density at radius 1 is 1.33 bits per heavy atom. The third-order valence-corrected chi connectivity index (χ3v) is 2.35. The van der Waals surface area contributed by atoms with Crippen molar-refractivity contribution in [2.45, 2.75) is 0 Å². The molecule has 0 heterocycles. The monoisotopic (exact) mass is 239 g/mol. The molecule has 0 amide bonds. The first kappa shape index (κ1) is 14.7. The normalized spacial score (nSPS) is 10.5. The summed E-state index contributed by atoms with van der Waals surface area (Å²) in [5.41, 5.74) is 0.558. The molecule has 1 aromatic rings. The Bertz CT molecular complexity index is 403. The van der Waals surface area contributed by atoms with Crippen molar-refractivity contribution in [1.29, 1.82) is 0 Å². The summed E-state index contributed by atoms with van der Waals surface area (Å²) >= 11 is 0. The first-order valence-electron chi connectivity index (χ1n) is 3.82. The summed E-state index contributed by atoms with van der Waals surface area (Å²) in [5, 5.41) is 8.97. The van der Waals surface area contributed by atoms with Crippen molar-refractivity contribution in [3.8, 4) is 5.75 Å². The molecule has 0 aromatic heterocycles. The molecule has 0 radical (unpaired) electrons. The van der Waals surface area contributed by atoms with E-state index in [9.17, 15) is 13.0 Å². The molecule has 0 unspecified atom stereocenters. The number of phenolic OH excluding ortho intramolecular Hbond substituents is 1. The van der Waals surface area contributed by atoms with Crippen LogP contribution >= 0.6 is 0 Å². The van der Waals surface area contributed by atoms with Gasteiger partial charge in [-0.1, -0.05) is 0 Å². The molecule has 7 heteroatoms. The molecule has 1 rings (SSSR count). The Morgan fingerprint density at radius 2 is 1.80 bits per heavy atom. The third kappa shape index (κ3) is 5.39. The molecule has 0 aliphatic carbocycles. The Labute approximate surface area is 111 Å². The predicted molar refractivity (Wildman–Crippen MR) is 51.1 cm³/mol. The molecule has 0 atom stereocenters. The van der Waals surface area contributed by atoms with Gasteiger partial charge in [-0.3, -0.25) is 0 Å². The Balaban J connectivity index is 0.00000196. The van der Waals surface area contributed by atoms with Crippen molar-refractivity contribution < 1.29 is 47.6 Å². The summed E-state index contributed by atoms with van der Waals surface area (Å²) in [6.45, 7) is 0. The van der Waals surface area contributed by atoms with Crippen LogP contribution in [0.1, 0.15) is 0 Å². The molecule has 0 bridgehead atoms. The average molecular weight is 239 g/mol. The van der Waals surface area contributed by atoms with Crippen molar-refractivity contribution in [2.24, 2.45) is 0 Å². The van der Waals surface area contributed by atoms with E-state index in [0.717, 1.165) is 0 Å². The third-order valence-electron chi connectivity index (χ3n) is 1.64. The molecule has 0 aliphatic rings. The summed E-state index contributed by atoms with van der Waals surface area (Å²) in [6, 6.07) is 5.90. The van der Waals surface area contributed by atoms with Gasteiger partial charge in [0.1, 0.15) is 21.7 Å². The topological polar surface area (TPSA) is 80.7 Å². The van der Waals surface area contributed by atoms with Crippen LogP contribution < -0.4 is 34.5 Å².